The summed E-state index contributed by atoms with van der Waals surface area (Å²) < 4.78 is 37.1. The minimum absolute atomic E-state index is 0.254. The third-order valence-electron chi connectivity index (χ3n) is 2.18. The summed E-state index contributed by atoms with van der Waals surface area (Å²) in [4.78, 5) is 0. The van der Waals surface area contributed by atoms with Gasteiger partial charge in [-0.1, -0.05) is 19.1 Å². The number of halogens is 2. The lowest BCUT2D eigenvalue weighted by Crippen LogP contribution is -2.21. The van der Waals surface area contributed by atoms with E-state index in [2.05, 4.69) is 5.32 Å². The molecular formula is C11H15F2NOS. The van der Waals surface area contributed by atoms with Crippen LogP contribution in [0.25, 0.3) is 0 Å². The predicted molar refractivity (Wildman–Crippen MR) is 61.6 cm³/mol. The van der Waals surface area contributed by atoms with Crippen molar-refractivity contribution >= 4 is 10.8 Å². The zero-order chi connectivity index (χ0) is 12.0. The molecule has 0 aliphatic carbocycles. The van der Waals surface area contributed by atoms with E-state index in [-0.39, 0.29) is 6.54 Å². The molecule has 0 saturated carbocycles. The summed E-state index contributed by atoms with van der Waals surface area (Å²) >= 11 is 0. The van der Waals surface area contributed by atoms with E-state index in [0.717, 1.165) is 6.07 Å². The Hall–Kier alpha value is -0.810. The van der Waals surface area contributed by atoms with Gasteiger partial charge in [-0.25, -0.2) is 8.78 Å². The van der Waals surface area contributed by atoms with Crippen molar-refractivity contribution in [2.24, 2.45) is 0 Å². The van der Waals surface area contributed by atoms with Crippen LogP contribution in [0.3, 0.4) is 0 Å². The predicted octanol–water partition coefficient (Wildman–Crippen LogP) is 1.82. The van der Waals surface area contributed by atoms with E-state index < -0.39 is 22.4 Å². The van der Waals surface area contributed by atoms with E-state index in [1.807, 2.05) is 6.92 Å². The molecule has 5 heteroatoms. The fourth-order valence-corrected chi connectivity index (χ4v) is 1.90. The lowest BCUT2D eigenvalue weighted by atomic mass is 10.2. The summed E-state index contributed by atoms with van der Waals surface area (Å²) in [5.41, 5.74) is 0.294. The molecule has 0 aliphatic heterocycles. The average molecular weight is 247 g/mol. The molecule has 1 rings (SSSR count). The molecule has 0 bridgehead atoms. The van der Waals surface area contributed by atoms with Crippen molar-refractivity contribution in [2.75, 3.05) is 18.1 Å². The second-order valence-corrected chi connectivity index (χ2v) is 5.19. The summed E-state index contributed by atoms with van der Waals surface area (Å²) in [6.07, 6.45) is 0. The van der Waals surface area contributed by atoms with Gasteiger partial charge in [-0.05, 0) is 6.07 Å². The van der Waals surface area contributed by atoms with Crippen LogP contribution >= 0.6 is 0 Å². The summed E-state index contributed by atoms with van der Waals surface area (Å²) in [6.45, 7) is 2.64. The number of hydrogen-bond acceptors (Lipinski definition) is 2. The zero-order valence-electron chi connectivity index (χ0n) is 9.13. The third-order valence-corrected chi connectivity index (χ3v) is 3.48. The normalized spacial score (nSPS) is 12.7. The highest BCUT2D eigenvalue weighted by Crippen LogP contribution is 2.10. The number of nitrogens with one attached hydrogen (secondary N) is 1. The van der Waals surface area contributed by atoms with E-state index in [0.29, 0.717) is 23.6 Å². The van der Waals surface area contributed by atoms with Gasteiger partial charge in [-0.3, -0.25) is 4.21 Å². The maximum atomic E-state index is 13.2. The van der Waals surface area contributed by atoms with Gasteiger partial charge in [0.25, 0.3) is 0 Å². The molecule has 1 aromatic rings. The fraction of sp³-hybridized carbons (Fsp3) is 0.455. The van der Waals surface area contributed by atoms with Gasteiger partial charge in [0.2, 0.25) is 0 Å². The molecule has 0 heterocycles. The molecule has 0 saturated heterocycles. The molecule has 0 radical (unpaired) electrons. The van der Waals surface area contributed by atoms with Gasteiger partial charge < -0.3 is 5.32 Å². The Bertz CT molecular complexity index is 371. The number of rotatable bonds is 6. The Morgan fingerprint density at radius 1 is 1.38 bits per heavy atom. The van der Waals surface area contributed by atoms with Crippen LogP contribution < -0.4 is 5.32 Å². The van der Waals surface area contributed by atoms with Crippen molar-refractivity contribution in [2.45, 2.75) is 13.5 Å². The SMILES string of the molecule is CCS(=O)CCNCc1cccc(F)c1F. The molecular weight excluding hydrogens is 232 g/mol. The van der Waals surface area contributed by atoms with Gasteiger partial charge in [-0.15, -0.1) is 0 Å². The first-order chi connectivity index (χ1) is 7.65. The van der Waals surface area contributed by atoms with Crippen LogP contribution in [0, 0.1) is 11.6 Å². The van der Waals surface area contributed by atoms with Crippen LogP contribution in [0.5, 0.6) is 0 Å². The maximum absolute atomic E-state index is 13.2. The van der Waals surface area contributed by atoms with Crippen molar-refractivity contribution < 1.29 is 13.0 Å². The fourth-order valence-electron chi connectivity index (χ4n) is 1.24. The van der Waals surface area contributed by atoms with Gasteiger partial charge >= 0.3 is 0 Å². The molecule has 1 atom stereocenters. The first-order valence-corrected chi connectivity index (χ1v) is 6.62. The van der Waals surface area contributed by atoms with Crippen LogP contribution in [0.4, 0.5) is 8.78 Å². The molecule has 16 heavy (non-hydrogen) atoms. The first kappa shape index (κ1) is 13.3. The van der Waals surface area contributed by atoms with Gasteiger partial charge in [0.1, 0.15) is 0 Å². The van der Waals surface area contributed by atoms with Gasteiger partial charge in [0.15, 0.2) is 11.6 Å². The van der Waals surface area contributed by atoms with E-state index >= 15 is 0 Å². The van der Waals surface area contributed by atoms with Crippen LogP contribution in [0.15, 0.2) is 18.2 Å². The zero-order valence-corrected chi connectivity index (χ0v) is 9.95. The van der Waals surface area contributed by atoms with E-state index in [1.54, 1.807) is 0 Å². The van der Waals surface area contributed by atoms with Gasteiger partial charge in [0.05, 0.1) is 0 Å². The molecule has 0 amide bonds. The molecule has 1 aromatic carbocycles. The minimum Gasteiger partial charge on any atom is -0.312 e. The minimum atomic E-state index is -0.837. The Morgan fingerprint density at radius 3 is 2.81 bits per heavy atom. The summed E-state index contributed by atoms with van der Waals surface area (Å²) in [7, 11) is -0.825. The van der Waals surface area contributed by atoms with Gasteiger partial charge in [-0.2, -0.15) is 0 Å². The smallest absolute Gasteiger partial charge is 0.163 e. The molecule has 0 aliphatic rings. The number of hydrogen-bond donors (Lipinski definition) is 1. The van der Waals surface area contributed by atoms with Crippen molar-refractivity contribution in [1.82, 2.24) is 5.32 Å². The summed E-state index contributed by atoms with van der Waals surface area (Å²) in [5, 5.41) is 2.94. The molecule has 0 spiro atoms. The van der Waals surface area contributed by atoms with Crippen molar-refractivity contribution in [1.29, 1.82) is 0 Å². The van der Waals surface area contributed by atoms with E-state index in [4.69, 9.17) is 0 Å². The highest BCUT2D eigenvalue weighted by Gasteiger charge is 2.06. The summed E-state index contributed by atoms with van der Waals surface area (Å²) in [5.74, 6) is -0.494. The van der Waals surface area contributed by atoms with Crippen LogP contribution in [-0.2, 0) is 17.3 Å². The topological polar surface area (TPSA) is 29.1 Å². The van der Waals surface area contributed by atoms with Crippen molar-refractivity contribution in [3.8, 4) is 0 Å². The molecule has 0 aromatic heterocycles. The second-order valence-electron chi connectivity index (χ2n) is 3.32. The van der Waals surface area contributed by atoms with Crippen molar-refractivity contribution in [3.63, 3.8) is 0 Å². The lowest BCUT2D eigenvalue weighted by Gasteiger charge is -2.05. The number of benzene rings is 1. The third kappa shape index (κ3) is 3.98. The Labute approximate surface area is 96.5 Å². The molecule has 2 nitrogen and oxygen atoms in total. The summed E-state index contributed by atoms with van der Waals surface area (Å²) in [6, 6.07) is 4.09. The van der Waals surface area contributed by atoms with E-state index in [9.17, 15) is 13.0 Å². The van der Waals surface area contributed by atoms with Crippen LogP contribution in [0.1, 0.15) is 12.5 Å². The monoisotopic (exact) mass is 247 g/mol. The van der Waals surface area contributed by atoms with Crippen LogP contribution in [-0.4, -0.2) is 22.3 Å². The van der Waals surface area contributed by atoms with Gasteiger partial charge in [0, 0.05) is 41.0 Å². The highest BCUT2D eigenvalue weighted by molar-refractivity contribution is 7.84. The maximum Gasteiger partial charge on any atom is 0.163 e. The quantitative estimate of drug-likeness (QED) is 0.777. The first-order valence-electron chi connectivity index (χ1n) is 5.13. The second kappa shape index (κ2) is 6.70. The molecule has 1 unspecified atom stereocenters. The average Bonchev–Trinajstić information content (AvgIpc) is 2.29. The molecule has 0 fully saturated rings. The largest absolute Gasteiger partial charge is 0.312 e. The molecule has 1 N–H and O–H groups in total. The molecule has 90 valence electrons. The van der Waals surface area contributed by atoms with E-state index in [1.165, 1.54) is 12.1 Å². The highest BCUT2D eigenvalue weighted by atomic mass is 32.2. The van der Waals surface area contributed by atoms with Crippen LogP contribution in [0.2, 0.25) is 0 Å². The lowest BCUT2D eigenvalue weighted by molar-refractivity contribution is 0.494. The van der Waals surface area contributed by atoms with Crippen molar-refractivity contribution in [3.05, 3.63) is 35.4 Å². The standard InChI is InChI=1S/C11H15F2NOS/c1-2-16(15)7-6-14-8-9-4-3-5-10(12)11(9)13/h3-5,14H,2,6-8H2,1H3. The Balaban J connectivity index is 2.38. The Kier molecular flexibility index (Phi) is 5.55. The Morgan fingerprint density at radius 2 is 2.12 bits per heavy atom.